The number of nitrogens with zero attached hydrogens (tertiary/aromatic N) is 1. The largest absolute Gasteiger partial charge is 0.281 e. The van der Waals surface area contributed by atoms with Gasteiger partial charge in [-0.25, -0.2) is 0 Å². The molecule has 1 atom stereocenters. The molecular weight excluding hydrogens is 192 g/mol. The SMILES string of the molecule is CC1CCc2[nH]nc(Br)c21. The summed E-state index contributed by atoms with van der Waals surface area (Å²) in [5.74, 6) is 0.683. The number of halogens is 1. The van der Waals surface area contributed by atoms with E-state index in [4.69, 9.17) is 0 Å². The van der Waals surface area contributed by atoms with E-state index in [1.54, 1.807) is 0 Å². The standard InChI is InChI=1S/C7H9BrN2/c1-4-2-3-5-6(4)7(8)10-9-5/h4H,2-3H2,1H3,(H,9,10). The number of aromatic nitrogens is 2. The number of aryl methyl sites for hydroxylation is 1. The van der Waals surface area contributed by atoms with E-state index in [0.717, 1.165) is 11.0 Å². The van der Waals surface area contributed by atoms with E-state index in [-0.39, 0.29) is 0 Å². The first-order valence-electron chi connectivity index (χ1n) is 3.51. The lowest BCUT2D eigenvalue weighted by molar-refractivity contribution is 0.730. The van der Waals surface area contributed by atoms with Crippen LogP contribution >= 0.6 is 15.9 Å². The summed E-state index contributed by atoms with van der Waals surface area (Å²) in [7, 11) is 0. The summed E-state index contributed by atoms with van der Waals surface area (Å²) in [6.45, 7) is 2.24. The quantitative estimate of drug-likeness (QED) is 0.684. The molecule has 3 heteroatoms. The van der Waals surface area contributed by atoms with Crippen molar-refractivity contribution < 1.29 is 0 Å². The Bertz CT molecular complexity index is 254. The summed E-state index contributed by atoms with van der Waals surface area (Å²) in [6.07, 6.45) is 2.43. The third-order valence-corrected chi connectivity index (χ3v) is 2.76. The Labute approximate surface area is 68.2 Å². The number of hydrogen-bond acceptors (Lipinski definition) is 1. The van der Waals surface area contributed by atoms with Crippen LogP contribution in [0.4, 0.5) is 0 Å². The second-order valence-electron chi connectivity index (χ2n) is 2.85. The highest BCUT2D eigenvalue weighted by atomic mass is 79.9. The van der Waals surface area contributed by atoms with Gasteiger partial charge in [0.15, 0.2) is 0 Å². The number of rotatable bonds is 0. The average molecular weight is 201 g/mol. The molecule has 10 heavy (non-hydrogen) atoms. The zero-order valence-electron chi connectivity index (χ0n) is 5.82. The summed E-state index contributed by atoms with van der Waals surface area (Å²) < 4.78 is 1.01. The molecule has 1 unspecified atom stereocenters. The number of hydrogen-bond donors (Lipinski definition) is 1. The predicted octanol–water partition coefficient (Wildman–Crippen LogP) is 2.22. The zero-order chi connectivity index (χ0) is 7.14. The predicted molar refractivity (Wildman–Crippen MR) is 43.0 cm³/mol. The van der Waals surface area contributed by atoms with E-state index < -0.39 is 0 Å². The van der Waals surface area contributed by atoms with Crippen molar-refractivity contribution in [1.29, 1.82) is 0 Å². The van der Waals surface area contributed by atoms with Gasteiger partial charge in [-0.2, -0.15) is 5.10 Å². The molecule has 0 amide bonds. The maximum Gasteiger partial charge on any atom is 0.131 e. The van der Waals surface area contributed by atoms with E-state index in [0.29, 0.717) is 5.92 Å². The number of nitrogens with one attached hydrogen (secondary N) is 1. The van der Waals surface area contributed by atoms with Crippen molar-refractivity contribution in [3.05, 3.63) is 15.9 Å². The number of H-pyrrole nitrogens is 1. The Morgan fingerprint density at radius 1 is 1.70 bits per heavy atom. The third-order valence-electron chi connectivity index (χ3n) is 2.16. The highest BCUT2D eigenvalue weighted by Crippen LogP contribution is 2.35. The van der Waals surface area contributed by atoms with Gasteiger partial charge in [-0.05, 0) is 34.7 Å². The number of fused-ring (bicyclic) bond motifs is 1. The molecule has 0 spiro atoms. The molecule has 1 aromatic rings. The molecule has 0 aromatic carbocycles. The molecule has 0 saturated carbocycles. The molecule has 1 aromatic heterocycles. The molecule has 1 N–H and O–H groups in total. The van der Waals surface area contributed by atoms with Gasteiger partial charge < -0.3 is 0 Å². The van der Waals surface area contributed by atoms with E-state index in [9.17, 15) is 0 Å². The molecule has 1 aliphatic rings. The van der Waals surface area contributed by atoms with Gasteiger partial charge in [-0.1, -0.05) is 6.92 Å². The van der Waals surface area contributed by atoms with Crippen molar-refractivity contribution in [2.24, 2.45) is 0 Å². The van der Waals surface area contributed by atoms with Crippen molar-refractivity contribution in [1.82, 2.24) is 10.2 Å². The molecular formula is C7H9BrN2. The Balaban J connectivity index is 2.54. The minimum absolute atomic E-state index is 0.683. The molecule has 0 saturated heterocycles. The second-order valence-corrected chi connectivity index (χ2v) is 3.60. The van der Waals surface area contributed by atoms with Crippen LogP contribution in [0.1, 0.15) is 30.5 Å². The van der Waals surface area contributed by atoms with E-state index in [1.807, 2.05) is 0 Å². The van der Waals surface area contributed by atoms with Gasteiger partial charge in [-0.15, -0.1) is 0 Å². The second kappa shape index (κ2) is 2.09. The lowest BCUT2D eigenvalue weighted by Gasteiger charge is -1.98. The maximum absolute atomic E-state index is 4.08. The molecule has 0 bridgehead atoms. The van der Waals surface area contributed by atoms with Crippen LogP contribution in [0, 0.1) is 0 Å². The van der Waals surface area contributed by atoms with E-state index >= 15 is 0 Å². The van der Waals surface area contributed by atoms with Gasteiger partial charge in [0.2, 0.25) is 0 Å². The average Bonchev–Trinajstić information content (AvgIpc) is 2.40. The monoisotopic (exact) mass is 200 g/mol. The van der Waals surface area contributed by atoms with Crippen LogP contribution in [-0.4, -0.2) is 10.2 Å². The van der Waals surface area contributed by atoms with Gasteiger partial charge in [0.1, 0.15) is 4.60 Å². The highest BCUT2D eigenvalue weighted by molar-refractivity contribution is 9.10. The van der Waals surface area contributed by atoms with Crippen LogP contribution < -0.4 is 0 Å². The van der Waals surface area contributed by atoms with Crippen molar-refractivity contribution in [3.8, 4) is 0 Å². The minimum atomic E-state index is 0.683. The van der Waals surface area contributed by atoms with Crippen LogP contribution in [0.25, 0.3) is 0 Å². The van der Waals surface area contributed by atoms with Gasteiger partial charge >= 0.3 is 0 Å². The van der Waals surface area contributed by atoms with Gasteiger partial charge in [-0.3, -0.25) is 5.10 Å². The molecule has 1 heterocycles. The normalized spacial score (nSPS) is 23.2. The van der Waals surface area contributed by atoms with Crippen LogP contribution in [0.15, 0.2) is 4.60 Å². The lowest BCUT2D eigenvalue weighted by Crippen LogP contribution is -1.84. The van der Waals surface area contributed by atoms with Crippen LogP contribution in [0.5, 0.6) is 0 Å². The Hall–Kier alpha value is -0.310. The van der Waals surface area contributed by atoms with Crippen molar-refractivity contribution >= 4 is 15.9 Å². The molecule has 2 nitrogen and oxygen atoms in total. The molecule has 1 aliphatic carbocycles. The topological polar surface area (TPSA) is 28.7 Å². The van der Waals surface area contributed by atoms with E-state index in [2.05, 4.69) is 33.1 Å². The third kappa shape index (κ3) is 0.732. The van der Waals surface area contributed by atoms with Crippen molar-refractivity contribution in [2.45, 2.75) is 25.7 Å². The Morgan fingerprint density at radius 3 is 3.20 bits per heavy atom. The first-order chi connectivity index (χ1) is 4.79. The smallest absolute Gasteiger partial charge is 0.131 e. The Kier molecular flexibility index (Phi) is 1.34. The Morgan fingerprint density at radius 2 is 2.50 bits per heavy atom. The first kappa shape index (κ1) is 6.40. The van der Waals surface area contributed by atoms with Crippen molar-refractivity contribution in [3.63, 3.8) is 0 Å². The fourth-order valence-corrected chi connectivity index (χ4v) is 2.28. The lowest BCUT2D eigenvalue weighted by atomic mass is 10.1. The molecule has 0 radical (unpaired) electrons. The van der Waals surface area contributed by atoms with Crippen LogP contribution in [0.3, 0.4) is 0 Å². The van der Waals surface area contributed by atoms with Gasteiger partial charge in [0, 0.05) is 11.3 Å². The fraction of sp³-hybridized carbons (Fsp3) is 0.571. The van der Waals surface area contributed by atoms with Gasteiger partial charge in [0.05, 0.1) is 0 Å². The highest BCUT2D eigenvalue weighted by Gasteiger charge is 2.23. The molecule has 54 valence electrons. The van der Waals surface area contributed by atoms with Crippen LogP contribution in [-0.2, 0) is 6.42 Å². The summed E-state index contributed by atoms with van der Waals surface area (Å²) in [6, 6.07) is 0. The zero-order valence-corrected chi connectivity index (χ0v) is 7.40. The van der Waals surface area contributed by atoms with E-state index in [1.165, 1.54) is 17.7 Å². The maximum atomic E-state index is 4.08. The van der Waals surface area contributed by atoms with Crippen molar-refractivity contribution in [2.75, 3.05) is 0 Å². The van der Waals surface area contributed by atoms with Crippen LogP contribution in [0.2, 0.25) is 0 Å². The summed E-state index contributed by atoms with van der Waals surface area (Å²) in [4.78, 5) is 0. The summed E-state index contributed by atoms with van der Waals surface area (Å²) in [5, 5.41) is 7.10. The minimum Gasteiger partial charge on any atom is -0.281 e. The van der Waals surface area contributed by atoms with Gasteiger partial charge in [0.25, 0.3) is 0 Å². The fourth-order valence-electron chi connectivity index (χ4n) is 1.56. The summed E-state index contributed by atoms with van der Waals surface area (Å²) in [5.41, 5.74) is 2.71. The molecule has 2 rings (SSSR count). The number of aromatic amines is 1. The molecule has 0 fully saturated rings. The first-order valence-corrected chi connectivity index (χ1v) is 4.31. The summed E-state index contributed by atoms with van der Waals surface area (Å²) >= 11 is 3.42. The molecule has 0 aliphatic heterocycles.